The van der Waals surface area contributed by atoms with E-state index in [1.54, 1.807) is 12.1 Å². The monoisotopic (exact) mass is 426 g/mol. The van der Waals surface area contributed by atoms with Crippen LogP contribution in [0.15, 0.2) is 72.8 Å². The molecule has 2 N–H and O–H groups in total. The quantitative estimate of drug-likeness (QED) is 0.453. The van der Waals surface area contributed by atoms with Crippen LogP contribution >= 0.6 is 0 Å². The van der Waals surface area contributed by atoms with Crippen LogP contribution in [0, 0.1) is 13.8 Å². The van der Waals surface area contributed by atoms with Crippen LogP contribution in [0.5, 0.6) is 0 Å². The second-order valence-corrected chi connectivity index (χ2v) is 7.85. The summed E-state index contributed by atoms with van der Waals surface area (Å²) < 4.78 is 2.01. The molecule has 0 atom stereocenters. The number of anilines is 1. The van der Waals surface area contributed by atoms with Crippen molar-refractivity contribution in [3.63, 3.8) is 0 Å². The molecule has 3 aromatic carbocycles. The maximum Gasteiger partial charge on any atom is 0.251 e. The molecular formula is C26H26N4O2. The van der Waals surface area contributed by atoms with E-state index in [0.29, 0.717) is 25.1 Å². The van der Waals surface area contributed by atoms with Crippen molar-refractivity contribution in [3.8, 4) is 0 Å². The van der Waals surface area contributed by atoms with Crippen LogP contribution in [0.25, 0.3) is 11.0 Å². The minimum absolute atomic E-state index is 0.0513. The number of carbonyl (C=O) groups excluding carboxylic acids is 2. The Balaban J connectivity index is 1.41. The maximum atomic E-state index is 12.6. The summed E-state index contributed by atoms with van der Waals surface area (Å²) >= 11 is 0. The first-order valence-electron chi connectivity index (χ1n) is 10.6. The van der Waals surface area contributed by atoms with Gasteiger partial charge in [-0.25, -0.2) is 4.98 Å². The molecule has 0 radical (unpaired) electrons. The highest BCUT2D eigenvalue weighted by Gasteiger charge is 2.13. The van der Waals surface area contributed by atoms with Crippen LogP contribution < -0.4 is 10.6 Å². The molecule has 4 aromatic rings. The van der Waals surface area contributed by atoms with Gasteiger partial charge in [0.25, 0.3) is 5.91 Å². The highest BCUT2D eigenvalue weighted by molar-refractivity contribution is 5.97. The fourth-order valence-corrected chi connectivity index (χ4v) is 3.74. The average molecular weight is 427 g/mol. The number of imidazole rings is 1. The van der Waals surface area contributed by atoms with Gasteiger partial charge in [-0.15, -0.1) is 0 Å². The molecule has 4 rings (SSSR count). The van der Waals surface area contributed by atoms with Crippen molar-refractivity contribution in [3.05, 3.63) is 95.3 Å². The highest BCUT2D eigenvalue weighted by Crippen LogP contribution is 2.19. The Morgan fingerprint density at radius 1 is 0.938 bits per heavy atom. The number of amides is 2. The zero-order valence-electron chi connectivity index (χ0n) is 18.3. The molecule has 162 valence electrons. The molecule has 0 saturated heterocycles. The van der Waals surface area contributed by atoms with Crippen molar-refractivity contribution in [2.75, 3.05) is 5.32 Å². The lowest BCUT2D eigenvalue weighted by atomic mass is 10.1. The van der Waals surface area contributed by atoms with Gasteiger partial charge in [-0.1, -0.05) is 48.0 Å². The number of nitrogens with one attached hydrogen (secondary N) is 2. The third-order valence-corrected chi connectivity index (χ3v) is 5.36. The largest absolute Gasteiger partial charge is 0.348 e. The second kappa shape index (κ2) is 9.47. The molecule has 1 aromatic heterocycles. The second-order valence-electron chi connectivity index (χ2n) is 7.85. The van der Waals surface area contributed by atoms with Gasteiger partial charge >= 0.3 is 0 Å². The van der Waals surface area contributed by atoms with Gasteiger partial charge in [0, 0.05) is 30.8 Å². The first-order chi connectivity index (χ1) is 15.5. The molecule has 0 bridgehead atoms. The van der Waals surface area contributed by atoms with E-state index in [1.165, 1.54) is 0 Å². The summed E-state index contributed by atoms with van der Waals surface area (Å²) in [5.74, 6) is 0.622. The normalized spacial score (nSPS) is 10.8. The number of rotatable bonds is 7. The molecule has 0 aliphatic carbocycles. The minimum atomic E-state index is -0.136. The number of nitrogens with zero attached hydrogens (tertiary/aromatic N) is 2. The Kier molecular flexibility index (Phi) is 6.31. The highest BCUT2D eigenvalue weighted by atomic mass is 16.2. The molecule has 0 aliphatic heterocycles. The summed E-state index contributed by atoms with van der Waals surface area (Å²) in [7, 11) is 0. The fourth-order valence-electron chi connectivity index (χ4n) is 3.74. The van der Waals surface area contributed by atoms with Crippen molar-refractivity contribution >= 4 is 28.5 Å². The summed E-state index contributed by atoms with van der Waals surface area (Å²) in [6.45, 7) is 4.93. The fraction of sp³-hybridized carbons (Fsp3) is 0.192. The van der Waals surface area contributed by atoms with Crippen molar-refractivity contribution in [2.45, 2.75) is 33.4 Å². The van der Waals surface area contributed by atoms with E-state index in [9.17, 15) is 9.59 Å². The molecular weight excluding hydrogens is 400 g/mol. The lowest BCUT2D eigenvalue weighted by Gasteiger charge is -2.09. The molecule has 2 amide bonds. The summed E-state index contributed by atoms with van der Waals surface area (Å²) in [4.78, 5) is 29.5. The van der Waals surface area contributed by atoms with Crippen molar-refractivity contribution in [2.24, 2.45) is 0 Å². The smallest absolute Gasteiger partial charge is 0.251 e. The van der Waals surface area contributed by atoms with E-state index in [2.05, 4.69) is 21.7 Å². The molecule has 6 nitrogen and oxygen atoms in total. The van der Waals surface area contributed by atoms with Crippen LogP contribution in [0.2, 0.25) is 0 Å². The Morgan fingerprint density at radius 3 is 2.53 bits per heavy atom. The number of hydrogen-bond donors (Lipinski definition) is 2. The van der Waals surface area contributed by atoms with E-state index >= 15 is 0 Å². The number of benzene rings is 3. The van der Waals surface area contributed by atoms with Crippen LogP contribution in [-0.2, 0) is 17.9 Å². The average Bonchev–Trinajstić information content (AvgIpc) is 3.11. The Hall–Kier alpha value is -3.93. The topological polar surface area (TPSA) is 76.0 Å². The number of aryl methyl sites for hydroxylation is 3. The van der Waals surface area contributed by atoms with Crippen LogP contribution in [-0.4, -0.2) is 21.4 Å². The maximum absolute atomic E-state index is 12.6. The molecule has 0 aliphatic rings. The minimum Gasteiger partial charge on any atom is -0.348 e. The number of hydrogen-bond acceptors (Lipinski definition) is 3. The number of carbonyl (C=O) groups is 2. The van der Waals surface area contributed by atoms with Gasteiger partial charge in [-0.05, 0) is 49.7 Å². The van der Waals surface area contributed by atoms with Gasteiger partial charge in [-0.3, -0.25) is 9.59 Å². The Bertz CT molecular complexity index is 1260. The third kappa shape index (κ3) is 5.03. The van der Waals surface area contributed by atoms with Gasteiger partial charge in [0.2, 0.25) is 5.91 Å². The summed E-state index contributed by atoms with van der Waals surface area (Å²) in [6.07, 6.45) is 0.333. The molecule has 0 unspecified atom stereocenters. The summed E-state index contributed by atoms with van der Waals surface area (Å²) in [5, 5.41) is 5.87. The van der Waals surface area contributed by atoms with Gasteiger partial charge in [0.15, 0.2) is 0 Å². The molecule has 0 fully saturated rings. The molecule has 32 heavy (non-hydrogen) atoms. The van der Waals surface area contributed by atoms with Crippen LogP contribution in [0.4, 0.5) is 5.69 Å². The van der Waals surface area contributed by atoms with E-state index < -0.39 is 0 Å². The number of aromatic nitrogens is 2. The van der Waals surface area contributed by atoms with Crippen molar-refractivity contribution < 1.29 is 9.59 Å². The SMILES string of the molecule is Cc1cccc(CNC(=O)c2ccc3c(c2)nc(C)n3CCC(=O)Nc2ccccc2)c1. The van der Waals surface area contributed by atoms with Crippen LogP contribution in [0.3, 0.4) is 0 Å². The summed E-state index contributed by atoms with van der Waals surface area (Å²) in [5.41, 5.74) is 5.23. The standard InChI is InChI=1S/C26H26N4O2/c1-18-7-6-8-20(15-18)17-27-26(32)21-11-12-24-23(16-21)28-19(2)30(24)14-13-25(31)29-22-9-4-3-5-10-22/h3-12,15-16H,13-14,17H2,1-2H3,(H,27,32)(H,29,31). The zero-order valence-corrected chi connectivity index (χ0v) is 18.3. The Morgan fingerprint density at radius 2 is 1.75 bits per heavy atom. The Labute approximate surface area is 187 Å². The first kappa shape index (κ1) is 21.3. The zero-order chi connectivity index (χ0) is 22.5. The molecule has 0 saturated carbocycles. The van der Waals surface area contributed by atoms with E-state index in [1.807, 2.05) is 73.0 Å². The lowest BCUT2D eigenvalue weighted by Crippen LogP contribution is -2.22. The van der Waals surface area contributed by atoms with E-state index in [-0.39, 0.29) is 11.8 Å². The molecule has 6 heteroatoms. The lowest BCUT2D eigenvalue weighted by molar-refractivity contribution is -0.116. The van der Waals surface area contributed by atoms with E-state index in [0.717, 1.165) is 33.7 Å². The van der Waals surface area contributed by atoms with Gasteiger partial charge in [-0.2, -0.15) is 0 Å². The molecule has 0 spiro atoms. The summed E-state index contributed by atoms with van der Waals surface area (Å²) in [6, 6.07) is 23.0. The molecule has 1 heterocycles. The van der Waals surface area contributed by atoms with Gasteiger partial charge < -0.3 is 15.2 Å². The van der Waals surface area contributed by atoms with Gasteiger partial charge in [0.1, 0.15) is 5.82 Å². The third-order valence-electron chi connectivity index (χ3n) is 5.36. The number of para-hydroxylation sites is 1. The predicted octanol–water partition coefficient (Wildman–Crippen LogP) is 4.61. The van der Waals surface area contributed by atoms with Crippen LogP contribution in [0.1, 0.15) is 33.7 Å². The first-order valence-corrected chi connectivity index (χ1v) is 10.6. The van der Waals surface area contributed by atoms with Crippen molar-refractivity contribution in [1.29, 1.82) is 0 Å². The van der Waals surface area contributed by atoms with E-state index in [4.69, 9.17) is 0 Å². The number of fused-ring (bicyclic) bond motifs is 1. The van der Waals surface area contributed by atoms with Gasteiger partial charge in [0.05, 0.1) is 11.0 Å². The predicted molar refractivity (Wildman–Crippen MR) is 127 cm³/mol. The van der Waals surface area contributed by atoms with Crippen molar-refractivity contribution in [1.82, 2.24) is 14.9 Å².